The number of hydrogen-bond donors (Lipinski definition) is 0. The van der Waals surface area contributed by atoms with Gasteiger partial charge in [0.25, 0.3) is 10.8 Å². The van der Waals surface area contributed by atoms with E-state index in [0.717, 1.165) is 0 Å². The SMILES string of the molecule is COc1cc(OC)cc(-c2nnc(SCn3nnc4ccccc4c3=O)o2)c1. The van der Waals surface area contributed by atoms with Gasteiger partial charge in [-0.2, -0.15) is 4.68 Å². The fourth-order valence-electron chi connectivity index (χ4n) is 2.54. The van der Waals surface area contributed by atoms with Gasteiger partial charge >= 0.3 is 0 Å². The number of rotatable bonds is 6. The number of ether oxygens (including phenoxy) is 2. The third-order valence-electron chi connectivity index (χ3n) is 3.94. The van der Waals surface area contributed by atoms with Gasteiger partial charge in [0.1, 0.15) is 22.9 Å². The second kappa shape index (κ2) is 7.69. The molecule has 10 heteroatoms. The molecule has 0 radical (unpaired) electrons. The third-order valence-corrected chi connectivity index (χ3v) is 4.73. The summed E-state index contributed by atoms with van der Waals surface area (Å²) in [6.07, 6.45) is 0. The molecule has 0 unspecified atom stereocenters. The first-order chi connectivity index (χ1) is 13.7. The van der Waals surface area contributed by atoms with Crippen LogP contribution in [0.15, 0.2) is 56.9 Å². The fourth-order valence-corrected chi connectivity index (χ4v) is 3.18. The average Bonchev–Trinajstić information content (AvgIpc) is 3.22. The van der Waals surface area contributed by atoms with Crippen LogP contribution in [0.2, 0.25) is 0 Å². The summed E-state index contributed by atoms with van der Waals surface area (Å²) in [4.78, 5) is 12.5. The quantitative estimate of drug-likeness (QED) is 0.454. The van der Waals surface area contributed by atoms with E-state index in [1.807, 2.05) is 6.07 Å². The minimum atomic E-state index is -0.227. The molecule has 9 nitrogen and oxygen atoms in total. The van der Waals surface area contributed by atoms with Gasteiger partial charge in [0.2, 0.25) is 5.89 Å². The van der Waals surface area contributed by atoms with Crippen LogP contribution in [0.4, 0.5) is 0 Å². The van der Waals surface area contributed by atoms with Crippen LogP contribution < -0.4 is 15.0 Å². The number of hydrogen-bond acceptors (Lipinski definition) is 9. The number of thioether (sulfide) groups is 1. The lowest BCUT2D eigenvalue weighted by molar-refractivity contribution is 0.394. The fraction of sp³-hybridized carbons (Fsp3) is 0.167. The first-order valence-corrected chi connectivity index (χ1v) is 9.19. The molecule has 0 fully saturated rings. The van der Waals surface area contributed by atoms with Crippen LogP contribution in [-0.4, -0.2) is 39.4 Å². The topological polar surface area (TPSA) is 105 Å². The van der Waals surface area contributed by atoms with Crippen LogP contribution in [-0.2, 0) is 5.88 Å². The second-order valence-electron chi connectivity index (χ2n) is 5.66. The third kappa shape index (κ3) is 3.54. The predicted octanol–water partition coefficient (Wildman–Crippen LogP) is 2.61. The molecular formula is C18H15N5O4S. The van der Waals surface area contributed by atoms with E-state index in [4.69, 9.17) is 13.9 Å². The summed E-state index contributed by atoms with van der Waals surface area (Å²) in [7, 11) is 3.13. The van der Waals surface area contributed by atoms with E-state index in [1.165, 1.54) is 16.4 Å². The van der Waals surface area contributed by atoms with E-state index in [2.05, 4.69) is 20.5 Å². The molecule has 0 aliphatic carbocycles. The van der Waals surface area contributed by atoms with Crippen molar-refractivity contribution in [1.29, 1.82) is 0 Å². The molecule has 2 aromatic heterocycles. The Hall–Kier alpha value is -3.40. The molecule has 0 atom stereocenters. The standard InChI is InChI=1S/C18H15N5O4S/c1-25-12-7-11(8-13(9-12)26-2)16-20-21-18(27-16)28-10-23-17(24)14-5-3-4-6-15(14)19-22-23/h3-9H,10H2,1-2H3. The molecule has 4 aromatic rings. The first-order valence-electron chi connectivity index (χ1n) is 8.20. The van der Waals surface area contributed by atoms with E-state index in [9.17, 15) is 4.79 Å². The van der Waals surface area contributed by atoms with E-state index in [0.29, 0.717) is 39.1 Å². The summed E-state index contributed by atoms with van der Waals surface area (Å²) in [5, 5.41) is 16.9. The van der Waals surface area contributed by atoms with Gasteiger partial charge in [0, 0.05) is 11.6 Å². The molecule has 0 aliphatic heterocycles. The Labute approximate surface area is 163 Å². The van der Waals surface area contributed by atoms with Crippen molar-refractivity contribution in [2.75, 3.05) is 14.2 Å². The van der Waals surface area contributed by atoms with Crippen LogP contribution >= 0.6 is 11.8 Å². The summed E-state index contributed by atoms with van der Waals surface area (Å²) >= 11 is 1.19. The van der Waals surface area contributed by atoms with Crippen LogP contribution in [0, 0.1) is 0 Å². The molecule has 142 valence electrons. The highest BCUT2D eigenvalue weighted by Crippen LogP contribution is 2.30. The maximum atomic E-state index is 12.5. The summed E-state index contributed by atoms with van der Waals surface area (Å²) < 4.78 is 17.4. The molecule has 28 heavy (non-hydrogen) atoms. The lowest BCUT2D eigenvalue weighted by Crippen LogP contribution is -2.23. The van der Waals surface area contributed by atoms with E-state index < -0.39 is 0 Å². The second-order valence-corrected chi connectivity index (χ2v) is 6.56. The first kappa shape index (κ1) is 18.0. The highest BCUT2D eigenvalue weighted by Gasteiger charge is 2.13. The zero-order chi connectivity index (χ0) is 19.5. The molecule has 2 heterocycles. The number of nitrogens with zero attached hydrogens (tertiary/aromatic N) is 5. The lowest BCUT2D eigenvalue weighted by atomic mass is 10.2. The number of methoxy groups -OCH3 is 2. The van der Waals surface area contributed by atoms with E-state index >= 15 is 0 Å². The van der Waals surface area contributed by atoms with Crippen molar-refractivity contribution in [1.82, 2.24) is 25.2 Å². The number of aromatic nitrogens is 5. The van der Waals surface area contributed by atoms with Gasteiger partial charge < -0.3 is 13.9 Å². The molecule has 0 saturated heterocycles. The maximum Gasteiger partial charge on any atom is 0.278 e. The monoisotopic (exact) mass is 397 g/mol. The molecule has 0 saturated carbocycles. The molecule has 2 aromatic carbocycles. The normalized spacial score (nSPS) is 10.9. The van der Waals surface area contributed by atoms with Crippen molar-refractivity contribution in [2.45, 2.75) is 11.1 Å². The minimum Gasteiger partial charge on any atom is -0.497 e. The highest BCUT2D eigenvalue weighted by molar-refractivity contribution is 7.98. The number of benzene rings is 2. The summed E-state index contributed by atoms with van der Waals surface area (Å²) in [5.74, 6) is 1.73. The van der Waals surface area contributed by atoms with Crippen molar-refractivity contribution in [3.05, 3.63) is 52.8 Å². The van der Waals surface area contributed by atoms with Crippen LogP contribution in [0.1, 0.15) is 0 Å². The number of fused-ring (bicyclic) bond motifs is 1. The van der Waals surface area contributed by atoms with Gasteiger partial charge in [0.05, 0.1) is 19.6 Å². The Morgan fingerprint density at radius 3 is 2.54 bits per heavy atom. The van der Waals surface area contributed by atoms with Gasteiger partial charge in [-0.15, -0.1) is 15.3 Å². The van der Waals surface area contributed by atoms with Gasteiger partial charge in [-0.1, -0.05) is 17.3 Å². The minimum absolute atomic E-state index is 0.194. The molecule has 4 rings (SSSR count). The summed E-state index contributed by atoms with van der Waals surface area (Å²) in [6.45, 7) is 0. The summed E-state index contributed by atoms with van der Waals surface area (Å²) in [5.41, 5.74) is 0.995. The zero-order valence-corrected chi connectivity index (χ0v) is 15.8. The highest BCUT2D eigenvalue weighted by atomic mass is 32.2. The van der Waals surface area contributed by atoms with E-state index in [1.54, 1.807) is 50.6 Å². The molecule has 0 amide bonds. The van der Waals surface area contributed by atoms with Crippen molar-refractivity contribution >= 4 is 22.7 Å². The Kier molecular flexibility index (Phi) is 4.94. The van der Waals surface area contributed by atoms with Crippen LogP contribution in [0.3, 0.4) is 0 Å². The Bertz CT molecular complexity index is 1170. The average molecular weight is 397 g/mol. The van der Waals surface area contributed by atoms with Crippen molar-refractivity contribution in [3.63, 3.8) is 0 Å². The van der Waals surface area contributed by atoms with E-state index in [-0.39, 0.29) is 11.4 Å². The van der Waals surface area contributed by atoms with Gasteiger partial charge in [-0.05, 0) is 36.0 Å². The Balaban J connectivity index is 1.55. The van der Waals surface area contributed by atoms with Crippen molar-refractivity contribution in [2.24, 2.45) is 0 Å². The van der Waals surface area contributed by atoms with Crippen LogP contribution in [0.5, 0.6) is 11.5 Å². The largest absolute Gasteiger partial charge is 0.497 e. The lowest BCUT2D eigenvalue weighted by Gasteiger charge is -2.05. The van der Waals surface area contributed by atoms with Gasteiger partial charge in [-0.3, -0.25) is 4.79 Å². The molecular weight excluding hydrogens is 382 g/mol. The van der Waals surface area contributed by atoms with Crippen molar-refractivity contribution < 1.29 is 13.9 Å². The molecule has 0 spiro atoms. The maximum absolute atomic E-state index is 12.5. The molecule has 0 aliphatic rings. The Morgan fingerprint density at radius 1 is 1.04 bits per heavy atom. The smallest absolute Gasteiger partial charge is 0.278 e. The molecule has 0 bridgehead atoms. The predicted molar refractivity (Wildman–Crippen MR) is 102 cm³/mol. The van der Waals surface area contributed by atoms with Gasteiger partial charge in [0.15, 0.2) is 0 Å². The zero-order valence-electron chi connectivity index (χ0n) is 15.0. The summed E-state index contributed by atoms with van der Waals surface area (Å²) in [6, 6.07) is 12.3. The van der Waals surface area contributed by atoms with Crippen molar-refractivity contribution in [3.8, 4) is 23.0 Å². The van der Waals surface area contributed by atoms with Crippen LogP contribution in [0.25, 0.3) is 22.4 Å². The van der Waals surface area contributed by atoms with Gasteiger partial charge in [-0.25, -0.2) is 0 Å². The Morgan fingerprint density at radius 2 is 1.79 bits per heavy atom. The molecule has 0 N–H and O–H groups in total.